The quantitative estimate of drug-likeness (QED) is 0.861. The molecule has 0 unspecified atom stereocenters. The van der Waals surface area contributed by atoms with Gasteiger partial charge < -0.3 is 10.1 Å². The minimum atomic E-state index is -0.745. The third-order valence-electron chi connectivity index (χ3n) is 2.70. The molecule has 0 radical (unpaired) electrons. The van der Waals surface area contributed by atoms with Crippen molar-refractivity contribution in [3.63, 3.8) is 0 Å². The van der Waals surface area contributed by atoms with Crippen LogP contribution < -0.4 is 5.32 Å². The Morgan fingerprint density at radius 3 is 2.74 bits per heavy atom. The molecule has 1 aromatic carbocycles. The number of anilines is 1. The van der Waals surface area contributed by atoms with E-state index in [-0.39, 0.29) is 10.7 Å². The number of esters is 1. The summed E-state index contributed by atoms with van der Waals surface area (Å²) >= 11 is 5.86. The number of halogens is 1. The molecule has 0 aliphatic heterocycles. The molecule has 7 nitrogen and oxygen atoms in total. The Morgan fingerprint density at radius 1 is 1.35 bits per heavy atom. The lowest BCUT2D eigenvalue weighted by Crippen LogP contribution is -2.21. The van der Waals surface area contributed by atoms with Crippen molar-refractivity contribution < 1.29 is 14.3 Å². The SMILES string of the molecule is Cc1cnc(C(=O)OCC(=O)Nc2ccc(C#N)c(Cl)c2)cn1. The second-order valence-corrected chi connectivity index (χ2v) is 4.88. The molecule has 0 aliphatic carbocycles. The van der Waals surface area contributed by atoms with Gasteiger partial charge in [-0.3, -0.25) is 9.78 Å². The smallest absolute Gasteiger partial charge is 0.359 e. The maximum absolute atomic E-state index is 11.7. The summed E-state index contributed by atoms with van der Waals surface area (Å²) in [5.41, 5.74) is 1.38. The van der Waals surface area contributed by atoms with Crippen LogP contribution in [-0.2, 0) is 9.53 Å². The molecule has 0 bridgehead atoms. The molecule has 8 heteroatoms. The minimum Gasteiger partial charge on any atom is -0.451 e. The number of hydrogen-bond donors (Lipinski definition) is 1. The summed E-state index contributed by atoms with van der Waals surface area (Å²) < 4.78 is 4.84. The van der Waals surface area contributed by atoms with Crippen molar-refractivity contribution in [2.75, 3.05) is 11.9 Å². The highest BCUT2D eigenvalue weighted by Gasteiger charge is 2.12. The van der Waals surface area contributed by atoms with Crippen LogP contribution >= 0.6 is 11.6 Å². The number of amides is 1. The number of benzene rings is 1. The Kier molecular flexibility index (Phi) is 5.23. The zero-order valence-corrected chi connectivity index (χ0v) is 12.8. The Bertz CT molecular complexity index is 784. The fourth-order valence-corrected chi connectivity index (χ4v) is 1.81. The van der Waals surface area contributed by atoms with Crippen LogP contribution in [0.1, 0.15) is 21.7 Å². The van der Waals surface area contributed by atoms with Crippen molar-refractivity contribution in [3.05, 3.63) is 52.6 Å². The van der Waals surface area contributed by atoms with Crippen molar-refractivity contribution >= 4 is 29.2 Å². The number of ether oxygens (including phenoxy) is 1. The van der Waals surface area contributed by atoms with E-state index in [2.05, 4.69) is 15.3 Å². The molecule has 0 saturated heterocycles. The van der Waals surface area contributed by atoms with Gasteiger partial charge >= 0.3 is 5.97 Å². The number of aromatic nitrogens is 2. The first-order chi connectivity index (χ1) is 11.0. The number of nitrogens with zero attached hydrogens (tertiary/aromatic N) is 3. The predicted octanol–water partition coefficient (Wildman–Crippen LogP) is 2.11. The first-order valence-electron chi connectivity index (χ1n) is 6.45. The Balaban J connectivity index is 1.90. The molecule has 23 heavy (non-hydrogen) atoms. The Labute approximate surface area is 136 Å². The zero-order valence-electron chi connectivity index (χ0n) is 12.0. The van der Waals surface area contributed by atoms with E-state index in [0.717, 1.165) is 0 Å². The van der Waals surface area contributed by atoms with Crippen LogP contribution in [0.2, 0.25) is 5.02 Å². The van der Waals surface area contributed by atoms with Gasteiger partial charge in [0.25, 0.3) is 5.91 Å². The number of aryl methyl sites for hydroxylation is 1. The van der Waals surface area contributed by atoms with Crippen molar-refractivity contribution in [1.29, 1.82) is 5.26 Å². The number of hydrogen-bond acceptors (Lipinski definition) is 6. The lowest BCUT2D eigenvalue weighted by atomic mass is 10.2. The van der Waals surface area contributed by atoms with Crippen LogP contribution in [0.25, 0.3) is 0 Å². The predicted molar refractivity (Wildman–Crippen MR) is 81.8 cm³/mol. The van der Waals surface area contributed by atoms with E-state index in [4.69, 9.17) is 21.6 Å². The molecule has 0 aliphatic rings. The first-order valence-corrected chi connectivity index (χ1v) is 6.82. The molecular formula is C15H11ClN4O3. The van der Waals surface area contributed by atoms with Crippen LogP contribution in [0, 0.1) is 18.3 Å². The number of carbonyl (C=O) groups excluding carboxylic acids is 2. The molecule has 1 N–H and O–H groups in total. The minimum absolute atomic E-state index is 0.0183. The van der Waals surface area contributed by atoms with E-state index >= 15 is 0 Å². The van der Waals surface area contributed by atoms with Gasteiger partial charge in [-0.1, -0.05) is 11.6 Å². The van der Waals surface area contributed by atoms with E-state index in [1.165, 1.54) is 30.6 Å². The zero-order chi connectivity index (χ0) is 16.8. The summed E-state index contributed by atoms with van der Waals surface area (Å²) in [5, 5.41) is 11.5. The van der Waals surface area contributed by atoms with Gasteiger partial charge in [-0.25, -0.2) is 9.78 Å². The lowest BCUT2D eigenvalue weighted by molar-refractivity contribution is -0.119. The second kappa shape index (κ2) is 7.33. The number of nitriles is 1. The van der Waals surface area contributed by atoms with Gasteiger partial charge in [-0.15, -0.1) is 0 Å². The molecule has 1 heterocycles. The molecule has 0 atom stereocenters. The molecule has 116 valence electrons. The first kappa shape index (κ1) is 16.4. The highest BCUT2D eigenvalue weighted by Crippen LogP contribution is 2.20. The molecule has 0 spiro atoms. The van der Waals surface area contributed by atoms with E-state index < -0.39 is 18.5 Å². The molecule has 0 fully saturated rings. The summed E-state index contributed by atoms with van der Waals surface area (Å²) in [5.74, 6) is -1.29. The van der Waals surface area contributed by atoms with Gasteiger partial charge in [0.1, 0.15) is 6.07 Å². The van der Waals surface area contributed by atoms with Gasteiger partial charge in [-0.2, -0.15) is 5.26 Å². The number of carbonyl (C=O) groups is 2. The second-order valence-electron chi connectivity index (χ2n) is 4.47. The summed E-state index contributed by atoms with van der Waals surface area (Å²) in [6.45, 7) is 1.25. The topological polar surface area (TPSA) is 105 Å². The normalized spacial score (nSPS) is 9.78. The summed E-state index contributed by atoms with van der Waals surface area (Å²) in [6, 6.07) is 6.35. The molecule has 1 amide bonds. The average Bonchev–Trinajstić information content (AvgIpc) is 2.53. The van der Waals surface area contributed by atoms with Gasteiger partial charge in [0.2, 0.25) is 0 Å². The van der Waals surface area contributed by atoms with Crippen molar-refractivity contribution in [2.45, 2.75) is 6.92 Å². The number of nitrogens with one attached hydrogen (secondary N) is 1. The summed E-state index contributed by atoms with van der Waals surface area (Å²) in [6.07, 6.45) is 2.70. The van der Waals surface area contributed by atoms with Gasteiger partial charge in [0, 0.05) is 11.9 Å². The van der Waals surface area contributed by atoms with Crippen molar-refractivity contribution in [2.24, 2.45) is 0 Å². The molecule has 1 aromatic heterocycles. The molecule has 2 rings (SSSR count). The van der Waals surface area contributed by atoms with Gasteiger partial charge in [0.05, 0.1) is 22.5 Å². The maximum atomic E-state index is 11.7. The highest BCUT2D eigenvalue weighted by molar-refractivity contribution is 6.32. The highest BCUT2D eigenvalue weighted by atomic mass is 35.5. The lowest BCUT2D eigenvalue weighted by Gasteiger charge is -2.07. The monoisotopic (exact) mass is 330 g/mol. The van der Waals surface area contributed by atoms with Crippen LogP contribution in [0.4, 0.5) is 5.69 Å². The van der Waals surface area contributed by atoms with E-state index in [1.807, 2.05) is 6.07 Å². The average molecular weight is 331 g/mol. The van der Waals surface area contributed by atoms with Crippen LogP contribution in [-0.4, -0.2) is 28.5 Å². The Morgan fingerprint density at radius 2 is 2.13 bits per heavy atom. The van der Waals surface area contributed by atoms with Crippen molar-refractivity contribution in [3.8, 4) is 6.07 Å². The fraction of sp³-hybridized carbons (Fsp3) is 0.133. The summed E-state index contributed by atoms with van der Waals surface area (Å²) in [7, 11) is 0. The van der Waals surface area contributed by atoms with E-state index in [0.29, 0.717) is 16.9 Å². The standard InChI is InChI=1S/C15H11ClN4O3/c1-9-6-19-13(7-18-9)15(22)23-8-14(21)20-11-3-2-10(5-17)12(16)4-11/h2-4,6-7H,8H2,1H3,(H,20,21). The molecule has 0 saturated carbocycles. The largest absolute Gasteiger partial charge is 0.451 e. The van der Waals surface area contributed by atoms with E-state index in [1.54, 1.807) is 6.92 Å². The van der Waals surface area contributed by atoms with Crippen LogP contribution in [0.5, 0.6) is 0 Å². The number of rotatable bonds is 4. The fourth-order valence-electron chi connectivity index (χ4n) is 1.58. The van der Waals surface area contributed by atoms with Gasteiger partial charge in [-0.05, 0) is 25.1 Å². The summed E-state index contributed by atoms with van der Waals surface area (Å²) in [4.78, 5) is 31.2. The van der Waals surface area contributed by atoms with E-state index in [9.17, 15) is 9.59 Å². The third kappa shape index (κ3) is 4.49. The Hall–Kier alpha value is -2.98. The maximum Gasteiger partial charge on any atom is 0.359 e. The third-order valence-corrected chi connectivity index (χ3v) is 3.01. The van der Waals surface area contributed by atoms with Crippen molar-refractivity contribution in [1.82, 2.24) is 9.97 Å². The van der Waals surface area contributed by atoms with Gasteiger partial charge in [0.15, 0.2) is 12.3 Å². The molecular weight excluding hydrogens is 320 g/mol. The molecule has 2 aromatic rings. The van der Waals surface area contributed by atoms with Crippen LogP contribution in [0.3, 0.4) is 0 Å². The van der Waals surface area contributed by atoms with Crippen LogP contribution in [0.15, 0.2) is 30.6 Å².